The van der Waals surface area contributed by atoms with Crippen LogP contribution in [-0.4, -0.2) is 42.3 Å². The number of fused-ring (bicyclic) bond motifs is 1. The molecule has 3 unspecified atom stereocenters. The zero-order chi connectivity index (χ0) is 14.2. The van der Waals surface area contributed by atoms with Crippen LogP contribution in [0.5, 0.6) is 0 Å². The van der Waals surface area contributed by atoms with E-state index >= 15 is 0 Å². The third-order valence-corrected chi connectivity index (χ3v) is 6.16. The van der Waals surface area contributed by atoms with Crippen molar-refractivity contribution in [1.82, 2.24) is 4.90 Å². The third-order valence-electron chi connectivity index (χ3n) is 6.16. The molecular formula is C17H32N2O. The van der Waals surface area contributed by atoms with Crippen LogP contribution in [0, 0.1) is 11.8 Å². The van der Waals surface area contributed by atoms with Gasteiger partial charge in [-0.2, -0.15) is 0 Å². The van der Waals surface area contributed by atoms with Crippen LogP contribution in [0.15, 0.2) is 0 Å². The minimum atomic E-state index is -0.0129. The zero-order valence-corrected chi connectivity index (χ0v) is 13.4. The normalized spacial score (nSPS) is 42.1. The second kappa shape index (κ2) is 5.58. The molecule has 0 aromatic rings. The smallest absolute Gasteiger partial charge is 0.0644 e. The summed E-state index contributed by atoms with van der Waals surface area (Å²) in [6, 6.07) is 0. The van der Waals surface area contributed by atoms with Crippen molar-refractivity contribution in [2.24, 2.45) is 17.6 Å². The molecule has 116 valence electrons. The average Bonchev–Trinajstić information content (AvgIpc) is 2.45. The lowest BCUT2D eigenvalue weighted by Gasteiger charge is -2.54. The number of hydrogen-bond acceptors (Lipinski definition) is 3. The highest BCUT2D eigenvalue weighted by molar-refractivity contribution is 5.01. The second-order valence-electron chi connectivity index (χ2n) is 8.00. The molecule has 3 atom stereocenters. The van der Waals surface area contributed by atoms with E-state index in [9.17, 15) is 0 Å². The molecule has 3 rings (SSSR count). The van der Waals surface area contributed by atoms with Crippen molar-refractivity contribution in [3.8, 4) is 0 Å². The Morgan fingerprint density at radius 1 is 1.15 bits per heavy atom. The lowest BCUT2D eigenvalue weighted by molar-refractivity contribution is -0.129. The SMILES string of the molecule is CC1(C)CC(CN)(N2CCC3CCCCC3C2)CCO1. The molecule has 0 aromatic heterocycles. The number of likely N-dealkylation sites (tertiary alicyclic amines) is 1. The Labute approximate surface area is 124 Å². The fourth-order valence-electron chi connectivity index (χ4n) is 5.05. The van der Waals surface area contributed by atoms with Crippen LogP contribution in [0.25, 0.3) is 0 Å². The van der Waals surface area contributed by atoms with Crippen molar-refractivity contribution in [1.29, 1.82) is 0 Å². The second-order valence-corrected chi connectivity index (χ2v) is 8.00. The van der Waals surface area contributed by atoms with Gasteiger partial charge in [0.1, 0.15) is 0 Å². The highest BCUT2D eigenvalue weighted by Crippen LogP contribution is 2.42. The maximum absolute atomic E-state index is 6.26. The van der Waals surface area contributed by atoms with Gasteiger partial charge in [0.2, 0.25) is 0 Å². The quantitative estimate of drug-likeness (QED) is 0.845. The Hall–Kier alpha value is -0.120. The average molecular weight is 280 g/mol. The van der Waals surface area contributed by atoms with Crippen LogP contribution < -0.4 is 5.73 Å². The first-order valence-corrected chi connectivity index (χ1v) is 8.64. The fraction of sp³-hybridized carbons (Fsp3) is 1.00. The molecule has 0 spiro atoms. The first-order valence-electron chi connectivity index (χ1n) is 8.64. The molecule has 2 saturated heterocycles. The van der Waals surface area contributed by atoms with E-state index < -0.39 is 0 Å². The molecule has 0 aromatic carbocycles. The van der Waals surface area contributed by atoms with Crippen molar-refractivity contribution < 1.29 is 4.74 Å². The third kappa shape index (κ3) is 2.77. The van der Waals surface area contributed by atoms with Crippen LogP contribution in [0.4, 0.5) is 0 Å². The van der Waals surface area contributed by atoms with Gasteiger partial charge in [0.05, 0.1) is 5.60 Å². The maximum atomic E-state index is 6.26. The summed E-state index contributed by atoms with van der Waals surface area (Å²) in [5.41, 5.74) is 6.45. The van der Waals surface area contributed by atoms with Gasteiger partial charge >= 0.3 is 0 Å². The molecule has 1 saturated carbocycles. The first kappa shape index (κ1) is 14.8. The first-order chi connectivity index (χ1) is 9.55. The predicted octanol–water partition coefficient (Wildman–Crippen LogP) is 2.79. The summed E-state index contributed by atoms with van der Waals surface area (Å²) < 4.78 is 5.94. The molecule has 3 heteroatoms. The number of nitrogens with two attached hydrogens (primary N) is 1. The van der Waals surface area contributed by atoms with Crippen molar-refractivity contribution in [2.75, 3.05) is 26.2 Å². The summed E-state index contributed by atoms with van der Waals surface area (Å²) in [5.74, 6) is 1.94. The zero-order valence-electron chi connectivity index (χ0n) is 13.4. The Kier molecular flexibility index (Phi) is 4.13. The summed E-state index contributed by atoms with van der Waals surface area (Å²) in [4.78, 5) is 2.75. The largest absolute Gasteiger partial charge is 0.375 e. The molecule has 20 heavy (non-hydrogen) atoms. The highest BCUT2D eigenvalue weighted by Gasteiger charge is 2.46. The molecule has 3 aliphatic rings. The topological polar surface area (TPSA) is 38.5 Å². The van der Waals surface area contributed by atoms with Crippen LogP contribution in [0.2, 0.25) is 0 Å². The molecule has 2 heterocycles. The van der Waals surface area contributed by atoms with Crippen molar-refractivity contribution >= 4 is 0 Å². The highest BCUT2D eigenvalue weighted by atomic mass is 16.5. The van der Waals surface area contributed by atoms with E-state index in [2.05, 4.69) is 18.7 Å². The van der Waals surface area contributed by atoms with Crippen molar-refractivity contribution in [2.45, 2.75) is 69.9 Å². The minimum Gasteiger partial charge on any atom is -0.375 e. The molecular weight excluding hydrogens is 248 g/mol. The molecule has 2 aliphatic heterocycles. The van der Waals surface area contributed by atoms with Gasteiger partial charge in [-0.3, -0.25) is 4.90 Å². The summed E-state index contributed by atoms with van der Waals surface area (Å²) in [6.07, 6.45) is 9.43. The molecule has 1 aliphatic carbocycles. The lowest BCUT2D eigenvalue weighted by Crippen LogP contribution is -2.63. The number of ether oxygens (including phenoxy) is 1. The van der Waals surface area contributed by atoms with E-state index in [-0.39, 0.29) is 11.1 Å². The molecule has 3 fully saturated rings. The summed E-state index contributed by atoms with van der Waals surface area (Å²) in [7, 11) is 0. The number of hydrogen-bond donors (Lipinski definition) is 1. The standard InChI is InChI=1S/C17H32N2O/c1-16(2)12-17(13-18,8-10-20-16)19-9-7-14-5-3-4-6-15(14)11-19/h14-15H,3-13,18H2,1-2H3. The van der Waals surface area contributed by atoms with Crippen LogP contribution in [0.3, 0.4) is 0 Å². The van der Waals surface area contributed by atoms with Crippen LogP contribution in [-0.2, 0) is 4.74 Å². The summed E-state index contributed by atoms with van der Waals surface area (Å²) in [5, 5.41) is 0. The van der Waals surface area contributed by atoms with E-state index in [1.54, 1.807) is 0 Å². The number of piperidine rings is 1. The molecule has 2 N–H and O–H groups in total. The Morgan fingerprint density at radius 3 is 2.60 bits per heavy atom. The molecule has 0 radical (unpaired) electrons. The van der Waals surface area contributed by atoms with E-state index in [0.29, 0.717) is 0 Å². The van der Waals surface area contributed by atoms with E-state index in [1.165, 1.54) is 45.2 Å². The predicted molar refractivity (Wildman–Crippen MR) is 82.7 cm³/mol. The Morgan fingerprint density at radius 2 is 1.90 bits per heavy atom. The Bertz CT molecular complexity index is 344. The van der Waals surface area contributed by atoms with Crippen molar-refractivity contribution in [3.63, 3.8) is 0 Å². The van der Waals surface area contributed by atoms with Gasteiger partial charge in [-0.15, -0.1) is 0 Å². The van der Waals surface area contributed by atoms with Gasteiger partial charge in [0.25, 0.3) is 0 Å². The van der Waals surface area contributed by atoms with Gasteiger partial charge < -0.3 is 10.5 Å². The van der Waals surface area contributed by atoms with E-state index in [0.717, 1.165) is 37.8 Å². The van der Waals surface area contributed by atoms with E-state index in [1.807, 2.05) is 0 Å². The number of rotatable bonds is 2. The van der Waals surface area contributed by atoms with Gasteiger partial charge in [-0.25, -0.2) is 0 Å². The lowest BCUT2D eigenvalue weighted by atomic mass is 9.72. The monoisotopic (exact) mass is 280 g/mol. The van der Waals surface area contributed by atoms with Gasteiger partial charge in [0, 0.05) is 25.2 Å². The van der Waals surface area contributed by atoms with Gasteiger partial charge in [0.15, 0.2) is 0 Å². The minimum absolute atomic E-state index is 0.0129. The van der Waals surface area contributed by atoms with Gasteiger partial charge in [-0.05, 0) is 57.9 Å². The maximum Gasteiger partial charge on any atom is 0.0644 e. The summed E-state index contributed by atoms with van der Waals surface area (Å²) >= 11 is 0. The molecule has 0 bridgehead atoms. The summed E-state index contributed by atoms with van der Waals surface area (Å²) in [6.45, 7) is 8.66. The molecule has 0 amide bonds. The Balaban J connectivity index is 1.72. The number of nitrogens with zero attached hydrogens (tertiary/aromatic N) is 1. The van der Waals surface area contributed by atoms with Crippen LogP contribution in [0.1, 0.15) is 58.8 Å². The van der Waals surface area contributed by atoms with Crippen molar-refractivity contribution in [3.05, 3.63) is 0 Å². The fourth-order valence-corrected chi connectivity index (χ4v) is 5.05. The van der Waals surface area contributed by atoms with E-state index in [4.69, 9.17) is 10.5 Å². The van der Waals surface area contributed by atoms with Gasteiger partial charge in [-0.1, -0.05) is 19.3 Å². The van der Waals surface area contributed by atoms with Crippen LogP contribution >= 0.6 is 0 Å². The molecule has 3 nitrogen and oxygen atoms in total.